The molecule has 7 heteroatoms. The minimum Gasteiger partial charge on any atom is -0.366 e. The van der Waals surface area contributed by atoms with Crippen LogP contribution in [-0.4, -0.2) is 30.2 Å². The van der Waals surface area contributed by atoms with Crippen LogP contribution in [0.1, 0.15) is 30.1 Å². The second kappa shape index (κ2) is 8.43. The summed E-state index contributed by atoms with van der Waals surface area (Å²) in [5.74, 6) is 0.153. The number of nitrogens with one attached hydrogen (secondary N) is 1. The van der Waals surface area contributed by atoms with Gasteiger partial charge in [-0.25, -0.2) is 0 Å². The second-order valence-corrected chi connectivity index (χ2v) is 7.72. The molecule has 1 fully saturated rings. The number of rotatable bonds is 5. The molecule has 3 rings (SSSR count). The van der Waals surface area contributed by atoms with Crippen LogP contribution in [0.4, 0.5) is 17.1 Å². The van der Waals surface area contributed by atoms with Crippen LogP contribution in [0.3, 0.4) is 0 Å². The maximum atomic E-state index is 12.6. The Kier molecular flexibility index (Phi) is 6.01. The van der Waals surface area contributed by atoms with E-state index < -0.39 is 4.92 Å². The van der Waals surface area contributed by atoms with Crippen LogP contribution >= 0.6 is 11.8 Å². The Morgan fingerprint density at radius 2 is 2.11 bits per heavy atom. The smallest absolute Gasteiger partial charge is 0.293 e. The number of piperidine rings is 1. The van der Waals surface area contributed by atoms with E-state index in [4.69, 9.17) is 0 Å². The van der Waals surface area contributed by atoms with E-state index in [9.17, 15) is 14.9 Å². The van der Waals surface area contributed by atoms with Crippen molar-refractivity contribution in [2.45, 2.75) is 24.7 Å². The fraction of sp³-hybridized carbons (Fsp3) is 0.350. The quantitative estimate of drug-likeness (QED) is 0.454. The summed E-state index contributed by atoms with van der Waals surface area (Å²) in [4.78, 5) is 26.9. The first-order valence-electron chi connectivity index (χ1n) is 8.96. The number of nitrogens with zero attached hydrogens (tertiary/aromatic N) is 2. The van der Waals surface area contributed by atoms with Crippen LogP contribution in [0, 0.1) is 16.0 Å². The Morgan fingerprint density at radius 3 is 2.81 bits per heavy atom. The van der Waals surface area contributed by atoms with Crippen molar-refractivity contribution in [1.29, 1.82) is 0 Å². The lowest BCUT2D eigenvalue weighted by Crippen LogP contribution is -2.34. The fourth-order valence-electron chi connectivity index (χ4n) is 3.39. The summed E-state index contributed by atoms with van der Waals surface area (Å²) < 4.78 is 0. The van der Waals surface area contributed by atoms with E-state index in [1.165, 1.54) is 6.07 Å². The average Bonchev–Trinajstić information content (AvgIpc) is 2.67. The van der Waals surface area contributed by atoms with E-state index in [1.54, 1.807) is 30.0 Å². The first-order chi connectivity index (χ1) is 13.0. The number of hydrogen-bond acceptors (Lipinski definition) is 5. The highest BCUT2D eigenvalue weighted by Gasteiger charge is 2.25. The number of hydrogen-bond donors (Lipinski definition) is 1. The molecule has 0 aliphatic carbocycles. The number of thioether (sulfide) groups is 1. The highest BCUT2D eigenvalue weighted by molar-refractivity contribution is 7.98. The number of nitro benzene ring substituents is 1. The molecule has 0 spiro atoms. The summed E-state index contributed by atoms with van der Waals surface area (Å²) in [6.45, 7) is 3.76. The molecular formula is C20H23N3O3S. The Morgan fingerprint density at radius 1 is 1.30 bits per heavy atom. The van der Waals surface area contributed by atoms with Crippen molar-refractivity contribution in [3.8, 4) is 0 Å². The van der Waals surface area contributed by atoms with Gasteiger partial charge in [-0.2, -0.15) is 0 Å². The first-order valence-corrected chi connectivity index (χ1v) is 10.2. The molecule has 27 heavy (non-hydrogen) atoms. The van der Waals surface area contributed by atoms with Crippen LogP contribution in [-0.2, 0) is 0 Å². The van der Waals surface area contributed by atoms with Crippen LogP contribution in [0.15, 0.2) is 47.4 Å². The van der Waals surface area contributed by atoms with Gasteiger partial charge in [0.25, 0.3) is 11.6 Å². The summed E-state index contributed by atoms with van der Waals surface area (Å²) in [7, 11) is 0. The molecule has 0 bridgehead atoms. The zero-order chi connectivity index (χ0) is 19.4. The number of amides is 1. The van der Waals surface area contributed by atoms with Gasteiger partial charge in [-0.15, -0.1) is 11.8 Å². The van der Waals surface area contributed by atoms with Crippen LogP contribution in [0.25, 0.3) is 0 Å². The number of nitro groups is 1. The van der Waals surface area contributed by atoms with E-state index in [0.717, 1.165) is 30.8 Å². The molecule has 142 valence electrons. The molecule has 0 saturated carbocycles. The molecule has 0 aromatic heterocycles. The van der Waals surface area contributed by atoms with Crippen molar-refractivity contribution in [2.75, 3.05) is 29.6 Å². The van der Waals surface area contributed by atoms with E-state index in [2.05, 4.69) is 17.1 Å². The Bertz CT molecular complexity index is 856. The Balaban J connectivity index is 1.84. The topological polar surface area (TPSA) is 75.5 Å². The monoisotopic (exact) mass is 385 g/mol. The van der Waals surface area contributed by atoms with Gasteiger partial charge in [0.1, 0.15) is 5.69 Å². The van der Waals surface area contributed by atoms with Crippen molar-refractivity contribution < 1.29 is 9.72 Å². The number of benzene rings is 2. The lowest BCUT2D eigenvalue weighted by atomic mass is 9.99. The van der Waals surface area contributed by atoms with Crippen LogP contribution < -0.4 is 10.2 Å². The molecule has 0 unspecified atom stereocenters. The summed E-state index contributed by atoms with van der Waals surface area (Å²) in [5, 5.41) is 14.4. The third-order valence-electron chi connectivity index (χ3n) is 4.76. The minimum absolute atomic E-state index is 0.0189. The van der Waals surface area contributed by atoms with Crippen molar-refractivity contribution in [3.63, 3.8) is 0 Å². The van der Waals surface area contributed by atoms with Crippen LogP contribution in [0.2, 0.25) is 0 Å². The molecule has 1 N–H and O–H groups in total. The summed E-state index contributed by atoms with van der Waals surface area (Å²) in [6, 6.07) is 12.2. The van der Waals surface area contributed by atoms with Gasteiger partial charge in [0.2, 0.25) is 0 Å². The molecular weight excluding hydrogens is 362 g/mol. The molecule has 1 atom stereocenters. The maximum absolute atomic E-state index is 12.6. The Hall–Kier alpha value is -2.54. The highest BCUT2D eigenvalue weighted by atomic mass is 32.2. The first kappa shape index (κ1) is 19.2. The van der Waals surface area contributed by atoms with E-state index in [-0.39, 0.29) is 17.2 Å². The number of carbonyl (C=O) groups is 1. The second-order valence-electron chi connectivity index (χ2n) is 6.84. The molecule has 1 aliphatic rings. The molecule has 2 aromatic carbocycles. The Labute approximate surface area is 163 Å². The predicted octanol–water partition coefficient (Wildman–Crippen LogP) is 4.81. The molecule has 6 nitrogen and oxygen atoms in total. The van der Waals surface area contributed by atoms with E-state index in [1.807, 2.05) is 24.5 Å². The van der Waals surface area contributed by atoms with Gasteiger partial charge < -0.3 is 10.2 Å². The SMILES string of the molecule is CSc1cccc(NC(=O)c2ccc(N3CCC[C@@H](C)C3)c([N+](=O)[O-])c2)c1. The van der Waals surface area contributed by atoms with Gasteiger partial charge in [0, 0.05) is 35.3 Å². The van der Waals surface area contributed by atoms with E-state index in [0.29, 0.717) is 17.3 Å². The lowest BCUT2D eigenvalue weighted by Gasteiger charge is -2.32. The highest BCUT2D eigenvalue weighted by Crippen LogP contribution is 2.32. The van der Waals surface area contributed by atoms with Crippen molar-refractivity contribution in [2.24, 2.45) is 5.92 Å². The molecule has 1 aliphatic heterocycles. The van der Waals surface area contributed by atoms with Crippen molar-refractivity contribution in [3.05, 3.63) is 58.1 Å². The largest absolute Gasteiger partial charge is 0.366 e. The maximum Gasteiger partial charge on any atom is 0.293 e. The van der Waals surface area contributed by atoms with Gasteiger partial charge in [-0.3, -0.25) is 14.9 Å². The normalized spacial score (nSPS) is 16.8. The number of anilines is 2. The summed E-state index contributed by atoms with van der Waals surface area (Å²) >= 11 is 1.58. The average molecular weight is 385 g/mol. The zero-order valence-corrected chi connectivity index (χ0v) is 16.3. The molecule has 2 aromatic rings. The van der Waals surface area contributed by atoms with Gasteiger partial charge in [-0.1, -0.05) is 13.0 Å². The number of carbonyl (C=O) groups excluding carboxylic acids is 1. The molecule has 1 saturated heterocycles. The molecule has 1 heterocycles. The standard InChI is InChI=1S/C20H23N3O3S/c1-14-5-4-10-22(13-14)18-9-8-15(11-19(18)23(25)26)20(24)21-16-6-3-7-17(12-16)27-2/h3,6-9,11-12,14H,4-5,10,13H2,1-2H3,(H,21,24)/t14-/m1/s1. The summed E-state index contributed by atoms with van der Waals surface area (Å²) in [5.41, 5.74) is 1.52. The third kappa shape index (κ3) is 4.60. The predicted molar refractivity (Wildman–Crippen MR) is 110 cm³/mol. The van der Waals surface area contributed by atoms with Gasteiger partial charge in [0.15, 0.2) is 0 Å². The minimum atomic E-state index is -0.403. The summed E-state index contributed by atoms with van der Waals surface area (Å²) in [6.07, 6.45) is 4.12. The third-order valence-corrected chi connectivity index (χ3v) is 5.48. The lowest BCUT2D eigenvalue weighted by molar-refractivity contribution is -0.384. The van der Waals surface area contributed by atoms with Gasteiger partial charge >= 0.3 is 0 Å². The zero-order valence-electron chi connectivity index (χ0n) is 15.5. The van der Waals surface area contributed by atoms with Crippen molar-refractivity contribution >= 4 is 34.7 Å². The van der Waals surface area contributed by atoms with Crippen molar-refractivity contribution in [1.82, 2.24) is 0 Å². The van der Waals surface area contributed by atoms with Gasteiger partial charge in [-0.05, 0) is 55.3 Å². The fourth-order valence-corrected chi connectivity index (χ4v) is 3.85. The van der Waals surface area contributed by atoms with Crippen LogP contribution in [0.5, 0.6) is 0 Å². The van der Waals surface area contributed by atoms with Gasteiger partial charge in [0.05, 0.1) is 4.92 Å². The molecule has 0 radical (unpaired) electrons. The van der Waals surface area contributed by atoms with E-state index >= 15 is 0 Å². The molecule has 1 amide bonds.